The third-order valence-corrected chi connectivity index (χ3v) is 2.84. The summed E-state index contributed by atoms with van der Waals surface area (Å²) in [5.74, 6) is 0. The summed E-state index contributed by atoms with van der Waals surface area (Å²) in [6.07, 6.45) is -1.10. The smallest absolute Gasteiger partial charge is 0.330 e. The Balaban J connectivity index is 2.38. The monoisotopic (exact) mass is 262 g/mol. The van der Waals surface area contributed by atoms with Gasteiger partial charge in [-0.25, -0.2) is 4.79 Å². The lowest BCUT2D eigenvalue weighted by atomic mass is 10.2. The zero-order valence-corrected chi connectivity index (χ0v) is 9.42. The molecule has 1 saturated heterocycles. The Hall–Kier alpha value is -1.15. The molecule has 2 rings (SSSR count). The van der Waals surface area contributed by atoms with Gasteiger partial charge in [-0.3, -0.25) is 14.3 Å². The van der Waals surface area contributed by atoms with E-state index in [4.69, 9.17) is 21.4 Å². The quantitative estimate of drug-likeness (QED) is 0.623. The summed E-state index contributed by atoms with van der Waals surface area (Å²) in [6.45, 7) is -0.251. The molecule has 0 aromatic carbocycles. The van der Waals surface area contributed by atoms with Crippen LogP contribution in [-0.2, 0) is 4.74 Å². The Morgan fingerprint density at radius 1 is 1.59 bits per heavy atom. The molecular formula is C9H11ClN2O5. The lowest BCUT2D eigenvalue weighted by Gasteiger charge is -2.16. The van der Waals surface area contributed by atoms with Gasteiger partial charge in [0.1, 0.15) is 11.1 Å². The Kier molecular flexibility index (Phi) is 3.34. The van der Waals surface area contributed by atoms with E-state index in [0.717, 1.165) is 10.8 Å². The SMILES string of the molecule is O=c1[nH]c(=O)n([C@@H]2O[C@H](CO)C[C@@H]2O)cc1Cl. The minimum absolute atomic E-state index is 0.173. The predicted molar refractivity (Wildman–Crippen MR) is 58.0 cm³/mol. The molecule has 7 nitrogen and oxygen atoms in total. The van der Waals surface area contributed by atoms with Crippen molar-refractivity contribution in [2.75, 3.05) is 6.61 Å². The van der Waals surface area contributed by atoms with Crippen LogP contribution < -0.4 is 11.2 Å². The maximum Gasteiger partial charge on any atom is 0.330 e. The standard InChI is InChI=1S/C9H11ClN2O5/c10-5-2-12(9(16)11-7(5)15)8-6(14)1-4(3-13)17-8/h2,4,6,8,13-14H,1,3H2,(H,11,15,16)/t4-,6-,8+/m0/s1. The molecule has 0 spiro atoms. The van der Waals surface area contributed by atoms with Crippen LogP contribution in [0.4, 0.5) is 0 Å². The van der Waals surface area contributed by atoms with E-state index in [1.54, 1.807) is 0 Å². The average molecular weight is 263 g/mol. The molecule has 0 radical (unpaired) electrons. The van der Waals surface area contributed by atoms with Crippen LogP contribution in [0.3, 0.4) is 0 Å². The van der Waals surface area contributed by atoms with Crippen LogP contribution in [0.5, 0.6) is 0 Å². The van der Waals surface area contributed by atoms with Crippen LogP contribution in [0, 0.1) is 0 Å². The van der Waals surface area contributed by atoms with Crippen LogP contribution >= 0.6 is 11.6 Å². The van der Waals surface area contributed by atoms with E-state index in [-0.39, 0.29) is 18.1 Å². The molecule has 17 heavy (non-hydrogen) atoms. The Morgan fingerprint density at radius 2 is 2.29 bits per heavy atom. The fourth-order valence-electron chi connectivity index (χ4n) is 1.75. The first-order valence-corrected chi connectivity index (χ1v) is 5.36. The second-order valence-electron chi connectivity index (χ2n) is 3.78. The van der Waals surface area contributed by atoms with Crippen molar-refractivity contribution in [3.8, 4) is 0 Å². The van der Waals surface area contributed by atoms with Crippen LogP contribution in [-0.4, -0.2) is 38.6 Å². The van der Waals surface area contributed by atoms with Crippen molar-refractivity contribution in [2.24, 2.45) is 0 Å². The summed E-state index contributed by atoms with van der Waals surface area (Å²) in [4.78, 5) is 24.6. The number of H-pyrrole nitrogens is 1. The molecule has 0 unspecified atom stereocenters. The van der Waals surface area contributed by atoms with Gasteiger partial charge in [0.25, 0.3) is 5.56 Å². The number of aliphatic hydroxyl groups is 2. The first kappa shape index (κ1) is 12.3. The number of hydrogen-bond acceptors (Lipinski definition) is 5. The molecule has 1 aromatic heterocycles. The van der Waals surface area contributed by atoms with Crippen molar-refractivity contribution < 1.29 is 14.9 Å². The largest absolute Gasteiger partial charge is 0.394 e. The zero-order valence-electron chi connectivity index (χ0n) is 8.67. The summed E-state index contributed by atoms with van der Waals surface area (Å²) in [6, 6.07) is 0. The van der Waals surface area contributed by atoms with Gasteiger partial charge in [-0.15, -0.1) is 0 Å². The van der Waals surface area contributed by atoms with Gasteiger partial charge < -0.3 is 14.9 Å². The first-order valence-electron chi connectivity index (χ1n) is 4.98. The van der Waals surface area contributed by atoms with E-state index in [9.17, 15) is 14.7 Å². The van der Waals surface area contributed by atoms with Gasteiger partial charge >= 0.3 is 5.69 Å². The second kappa shape index (κ2) is 4.61. The molecule has 3 atom stereocenters. The molecule has 0 bridgehead atoms. The highest BCUT2D eigenvalue weighted by atomic mass is 35.5. The number of ether oxygens (including phenoxy) is 1. The molecule has 0 saturated carbocycles. The molecule has 8 heteroatoms. The van der Waals surface area contributed by atoms with Crippen molar-refractivity contribution in [2.45, 2.75) is 24.9 Å². The van der Waals surface area contributed by atoms with Crippen molar-refractivity contribution in [1.29, 1.82) is 0 Å². The van der Waals surface area contributed by atoms with Crippen LogP contribution in [0.1, 0.15) is 12.6 Å². The predicted octanol–water partition coefficient (Wildman–Crippen LogP) is -1.17. The fourth-order valence-corrected chi connectivity index (χ4v) is 1.90. The topological polar surface area (TPSA) is 105 Å². The van der Waals surface area contributed by atoms with Gasteiger partial charge in [0, 0.05) is 12.6 Å². The molecule has 0 amide bonds. The fraction of sp³-hybridized carbons (Fsp3) is 0.556. The minimum Gasteiger partial charge on any atom is -0.394 e. The summed E-state index contributed by atoms with van der Waals surface area (Å²) in [7, 11) is 0. The average Bonchev–Trinajstić information content (AvgIpc) is 2.65. The number of aliphatic hydroxyl groups excluding tert-OH is 2. The number of halogens is 1. The van der Waals surface area contributed by atoms with E-state index in [1.165, 1.54) is 0 Å². The van der Waals surface area contributed by atoms with Crippen molar-refractivity contribution in [3.63, 3.8) is 0 Å². The number of nitrogens with one attached hydrogen (secondary N) is 1. The number of nitrogens with zero attached hydrogens (tertiary/aromatic N) is 1. The Bertz CT molecular complexity index is 525. The van der Waals surface area contributed by atoms with E-state index in [0.29, 0.717) is 0 Å². The number of aromatic nitrogens is 2. The van der Waals surface area contributed by atoms with Gasteiger partial charge in [-0.1, -0.05) is 11.6 Å². The van der Waals surface area contributed by atoms with E-state index >= 15 is 0 Å². The maximum atomic E-state index is 11.5. The van der Waals surface area contributed by atoms with Gasteiger partial charge in [-0.05, 0) is 0 Å². The van der Waals surface area contributed by atoms with Crippen molar-refractivity contribution >= 4 is 11.6 Å². The molecule has 1 fully saturated rings. The molecule has 1 aliphatic rings. The normalized spacial score (nSPS) is 28.5. The van der Waals surface area contributed by atoms with Crippen LogP contribution in [0.25, 0.3) is 0 Å². The molecular weight excluding hydrogens is 252 g/mol. The number of hydrogen-bond donors (Lipinski definition) is 3. The highest BCUT2D eigenvalue weighted by molar-refractivity contribution is 6.30. The summed E-state index contributed by atoms with van der Waals surface area (Å²) in [5, 5.41) is 18.4. The van der Waals surface area contributed by atoms with E-state index in [2.05, 4.69) is 0 Å². The van der Waals surface area contributed by atoms with Gasteiger partial charge in [0.2, 0.25) is 0 Å². The van der Waals surface area contributed by atoms with E-state index < -0.39 is 29.7 Å². The zero-order chi connectivity index (χ0) is 12.6. The molecule has 3 N–H and O–H groups in total. The second-order valence-corrected chi connectivity index (χ2v) is 4.19. The van der Waals surface area contributed by atoms with Crippen molar-refractivity contribution in [1.82, 2.24) is 9.55 Å². The summed E-state index contributed by atoms with van der Waals surface area (Å²) < 4.78 is 6.27. The third kappa shape index (κ3) is 2.27. The highest BCUT2D eigenvalue weighted by Gasteiger charge is 2.35. The molecule has 2 heterocycles. The highest BCUT2D eigenvalue weighted by Crippen LogP contribution is 2.27. The van der Waals surface area contributed by atoms with Crippen LogP contribution in [0.15, 0.2) is 15.8 Å². The molecule has 1 aromatic rings. The van der Waals surface area contributed by atoms with Gasteiger partial charge in [0.05, 0.1) is 12.7 Å². The van der Waals surface area contributed by atoms with E-state index in [1.807, 2.05) is 4.98 Å². The van der Waals surface area contributed by atoms with Gasteiger partial charge in [-0.2, -0.15) is 0 Å². The molecule has 94 valence electrons. The molecule has 1 aliphatic heterocycles. The maximum absolute atomic E-state index is 11.5. The third-order valence-electron chi connectivity index (χ3n) is 2.57. The summed E-state index contributed by atoms with van der Waals surface area (Å²) in [5.41, 5.74) is -1.42. The van der Waals surface area contributed by atoms with Gasteiger partial charge in [0.15, 0.2) is 6.23 Å². The Morgan fingerprint density at radius 3 is 2.88 bits per heavy atom. The number of aromatic amines is 1. The van der Waals surface area contributed by atoms with Crippen molar-refractivity contribution in [3.05, 3.63) is 32.1 Å². The lowest BCUT2D eigenvalue weighted by molar-refractivity contribution is -0.0530. The lowest BCUT2D eigenvalue weighted by Crippen LogP contribution is -2.35. The minimum atomic E-state index is -0.950. The first-order chi connectivity index (χ1) is 8.02. The Labute approximate surface area is 100 Å². The summed E-state index contributed by atoms with van der Waals surface area (Å²) >= 11 is 5.59. The molecule has 0 aliphatic carbocycles. The number of rotatable bonds is 2. The van der Waals surface area contributed by atoms with Crippen LogP contribution in [0.2, 0.25) is 5.02 Å².